The first-order chi connectivity index (χ1) is 29.7. The monoisotopic (exact) mass is 764 g/mol. The van der Waals surface area contributed by atoms with Crippen molar-refractivity contribution in [2.75, 3.05) is 0 Å². The van der Waals surface area contributed by atoms with Gasteiger partial charge in [-0.25, -0.2) is 15.0 Å². The summed E-state index contributed by atoms with van der Waals surface area (Å²) in [5, 5.41) is 13.6. The summed E-state index contributed by atoms with van der Waals surface area (Å²) in [4.78, 5) is 15.6. The number of aromatic nitrogens is 4. The molecule has 0 aliphatic rings. The van der Waals surface area contributed by atoms with Crippen molar-refractivity contribution in [3.63, 3.8) is 0 Å². The van der Waals surface area contributed by atoms with E-state index in [1.54, 1.807) is 0 Å². The van der Waals surface area contributed by atoms with Gasteiger partial charge in [-0.15, -0.1) is 0 Å². The number of benzene rings is 10. The highest BCUT2D eigenvalue weighted by Crippen LogP contribution is 2.44. The highest BCUT2D eigenvalue weighted by atomic mass is 16.3. The molecular formula is C55H32N4O. The van der Waals surface area contributed by atoms with Gasteiger partial charge in [0.2, 0.25) is 0 Å². The smallest absolute Gasteiger partial charge is 0.164 e. The van der Waals surface area contributed by atoms with Crippen molar-refractivity contribution in [2.45, 2.75) is 0 Å². The van der Waals surface area contributed by atoms with Gasteiger partial charge in [-0.3, -0.25) is 0 Å². The average molecular weight is 765 g/mol. The van der Waals surface area contributed by atoms with E-state index < -0.39 is 0 Å². The molecule has 0 fully saturated rings. The molecule has 278 valence electrons. The van der Waals surface area contributed by atoms with Crippen LogP contribution in [-0.2, 0) is 0 Å². The van der Waals surface area contributed by atoms with Crippen LogP contribution in [-0.4, -0.2) is 19.5 Å². The summed E-state index contributed by atoms with van der Waals surface area (Å²) in [5.74, 6) is 1.82. The van der Waals surface area contributed by atoms with Gasteiger partial charge in [0.05, 0.1) is 16.7 Å². The Balaban J connectivity index is 1.14. The molecule has 10 aromatic carbocycles. The van der Waals surface area contributed by atoms with Gasteiger partial charge in [-0.2, -0.15) is 0 Å². The highest BCUT2D eigenvalue weighted by molar-refractivity contribution is 6.23. The summed E-state index contributed by atoms with van der Waals surface area (Å²) in [5.41, 5.74) is 7.76. The Bertz CT molecular complexity index is 3800. The van der Waals surface area contributed by atoms with Crippen molar-refractivity contribution in [1.82, 2.24) is 19.5 Å². The van der Waals surface area contributed by atoms with Crippen LogP contribution in [0.2, 0.25) is 0 Å². The predicted octanol–water partition coefficient (Wildman–Crippen LogP) is 14.5. The Kier molecular flexibility index (Phi) is 6.95. The molecule has 0 amide bonds. The van der Waals surface area contributed by atoms with Gasteiger partial charge < -0.3 is 8.98 Å². The normalized spacial score (nSPS) is 12.0. The molecule has 3 heterocycles. The van der Waals surface area contributed by atoms with Crippen LogP contribution in [0.4, 0.5) is 0 Å². The standard InChI is InChI=1S/C55H32N4O/c1-2-15-34(16-3-1)53-56-54(42-25-12-21-33-14-8-9-22-39(33)42)58-55(57-53)43-26-13-27-50-51(43)46-32-49(40-23-10-11-24-41(40)52(46)60-50)59-47-30-37-19-6-4-17-35(37)28-44(47)45-29-36-18-5-7-20-38(36)31-48(45)59/h1-32H. The molecule has 0 bridgehead atoms. The first-order valence-corrected chi connectivity index (χ1v) is 20.3. The fourth-order valence-electron chi connectivity index (χ4n) is 9.40. The molecule has 0 atom stereocenters. The maximum absolute atomic E-state index is 6.90. The molecule has 0 spiro atoms. The number of hydrogen-bond acceptors (Lipinski definition) is 4. The molecule has 5 heteroatoms. The van der Waals surface area contributed by atoms with Gasteiger partial charge in [0.1, 0.15) is 11.2 Å². The third-order valence-corrected chi connectivity index (χ3v) is 12.2. The van der Waals surface area contributed by atoms with Crippen LogP contribution in [0.15, 0.2) is 199 Å². The zero-order chi connectivity index (χ0) is 39.3. The molecule has 5 nitrogen and oxygen atoms in total. The summed E-state index contributed by atoms with van der Waals surface area (Å²) < 4.78 is 9.36. The number of fused-ring (bicyclic) bond motifs is 11. The van der Waals surface area contributed by atoms with Crippen molar-refractivity contribution in [3.8, 4) is 39.9 Å². The second-order valence-electron chi connectivity index (χ2n) is 15.6. The topological polar surface area (TPSA) is 56.7 Å². The number of furan rings is 1. The molecule has 0 radical (unpaired) electrons. The van der Waals surface area contributed by atoms with Crippen LogP contribution in [0.5, 0.6) is 0 Å². The van der Waals surface area contributed by atoms with Crippen molar-refractivity contribution >= 4 is 86.8 Å². The zero-order valence-electron chi connectivity index (χ0n) is 32.2. The Morgan fingerprint density at radius 3 is 1.57 bits per heavy atom. The molecule has 0 N–H and O–H groups in total. The van der Waals surface area contributed by atoms with Gasteiger partial charge in [0.25, 0.3) is 0 Å². The number of nitrogens with zero attached hydrogens (tertiary/aromatic N) is 4. The maximum Gasteiger partial charge on any atom is 0.164 e. The second kappa shape index (κ2) is 12.7. The van der Waals surface area contributed by atoms with E-state index >= 15 is 0 Å². The molecule has 13 aromatic rings. The molecule has 60 heavy (non-hydrogen) atoms. The third-order valence-electron chi connectivity index (χ3n) is 12.2. The van der Waals surface area contributed by atoms with Crippen molar-refractivity contribution in [2.24, 2.45) is 0 Å². The van der Waals surface area contributed by atoms with Crippen LogP contribution in [0.25, 0.3) is 127 Å². The van der Waals surface area contributed by atoms with Gasteiger partial charge in [-0.1, -0.05) is 158 Å². The summed E-state index contributed by atoms with van der Waals surface area (Å²) >= 11 is 0. The van der Waals surface area contributed by atoms with E-state index in [-0.39, 0.29) is 0 Å². The SMILES string of the molecule is c1ccc(-c2nc(-c3cccc4ccccc34)nc(-c3cccc4oc5c6ccccc6c(-n6c7cc8ccccc8cc7c7cc8ccccc8cc76)cc5c34)n2)cc1. The summed E-state index contributed by atoms with van der Waals surface area (Å²) in [7, 11) is 0. The highest BCUT2D eigenvalue weighted by Gasteiger charge is 2.23. The fraction of sp³-hybridized carbons (Fsp3) is 0. The quantitative estimate of drug-likeness (QED) is 0.179. The van der Waals surface area contributed by atoms with Crippen molar-refractivity contribution < 1.29 is 4.42 Å². The van der Waals surface area contributed by atoms with Crippen LogP contribution in [0, 0.1) is 0 Å². The van der Waals surface area contributed by atoms with Gasteiger partial charge in [0.15, 0.2) is 17.5 Å². The molecule has 3 aromatic heterocycles. The maximum atomic E-state index is 6.90. The minimum absolute atomic E-state index is 0.588. The third kappa shape index (κ3) is 4.90. The molecule has 0 aliphatic carbocycles. The molecule has 13 rings (SSSR count). The van der Waals surface area contributed by atoms with Crippen LogP contribution >= 0.6 is 0 Å². The lowest BCUT2D eigenvalue weighted by molar-refractivity contribution is 0.672. The molecule has 0 aliphatic heterocycles. The average Bonchev–Trinajstić information content (AvgIpc) is 3.84. The number of hydrogen-bond donors (Lipinski definition) is 0. The Morgan fingerprint density at radius 2 is 0.867 bits per heavy atom. The summed E-state index contributed by atoms with van der Waals surface area (Å²) in [6.07, 6.45) is 0. The van der Waals surface area contributed by atoms with Crippen LogP contribution < -0.4 is 0 Å². The molecule has 0 saturated heterocycles. The second-order valence-corrected chi connectivity index (χ2v) is 15.6. The summed E-state index contributed by atoms with van der Waals surface area (Å²) in [6.45, 7) is 0. The van der Waals surface area contributed by atoms with E-state index in [1.165, 1.54) is 32.3 Å². The van der Waals surface area contributed by atoms with Crippen molar-refractivity contribution in [1.29, 1.82) is 0 Å². The molecule has 0 unspecified atom stereocenters. The van der Waals surface area contributed by atoms with Gasteiger partial charge in [0, 0.05) is 49.0 Å². The minimum Gasteiger partial charge on any atom is -0.455 e. The predicted molar refractivity (Wildman–Crippen MR) is 248 cm³/mol. The van der Waals surface area contributed by atoms with Gasteiger partial charge in [-0.05, 0) is 68.7 Å². The first-order valence-electron chi connectivity index (χ1n) is 20.3. The van der Waals surface area contributed by atoms with E-state index in [9.17, 15) is 0 Å². The van der Waals surface area contributed by atoms with Crippen molar-refractivity contribution in [3.05, 3.63) is 194 Å². The Morgan fingerprint density at radius 1 is 0.350 bits per heavy atom. The van der Waals surface area contributed by atoms with E-state index in [0.717, 1.165) is 76.9 Å². The largest absolute Gasteiger partial charge is 0.455 e. The minimum atomic E-state index is 0.588. The lowest BCUT2D eigenvalue weighted by Crippen LogP contribution is -2.01. The van der Waals surface area contributed by atoms with E-state index in [1.807, 2.05) is 24.3 Å². The summed E-state index contributed by atoms with van der Waals surface area (Å²) in [6, 6.07) is 68.6. The van der Waals surface area contributed by atoms with E-state index in [4.69, 9.17) is 19.4 Å². The first kappa shape index (κ1) is 32.9. The number of rotatable bonds is 4. The molecule has 0 saturated carbocycles. The zero-order valence-corrected chi connectivity index (χ0v) is 32.2. The van der Waals surface area contributed by atoms with E-state index in [2.05, 4.69) is 174 Å². The Labute approximate surface area is 343 Å². The van der Waals surface area contributed by atoms with Crippen LogP contribution in [0.1, 0.15) is 0 Å². The lowest BCUT2D eigenvalue weighted by atomic mass is 10.0. The van der Waals surface area contributed by atoms with E-state index in [0.29, 0.717) is 17.5 Å². The lowest BCUT2D eigenvalue weighted by Gasteiger charge is -2.14. The van der Waals surface area contributed by atoms with Gasteiger partial charge >= 0.3 is 0 Å². The molecular weight excluding hydrogens is 733 g/mol. The fourth-order valence-corrected chi connectivity index (χ4v) is 9.40. The van der Waals surface area contributed by atoms with Crippen LogP contribution in [0.3, 0.4) is 0 Å². The Hall–Kier alpha value is -8.15.